The van der Waals surface area contributed by atoms with E-state index in [0.717, 1.165) is 5.56 Å². The van der Waals surface area contributed by atoms with Crippen molar-refractivity contribution in [2.45, 2.75) is 13.3 Å². The van der Waals surface area contributed by atoms with Crippen LogP contribution < -0.4 is 9.47 Å². The molecule has 0 N–H and O–H groups in total. The average molecular weight is 364 g/mol. The summed E-state index contributed by atoms with van der Waals surface area (Å²) in [4.78, 5) is 12.8. The van der Waals surface area contributed by atoms with E-state index in [1.807, 2.05) is 79.7 Å². The van der Waals surface area contributed by atoms with Gasteiger partial charge in [-0.3, -0.25) is 4.79 Å². The number of hydrogen-bond acceptors (Lipinski definition) is 3. The highest BCUT2D eigenvalue weighted by atomic mass is 31.0. The van der Waals surface area contributed by atoms with Gasteiger partial charge in [0, 0.05) is 6.42 Å². The van der Waals surface area contributed by atoms with E-state index < -0.39 is 0 Å². The molecule has 4 heteroatoms. The van der Waals surface area contributed by atoms with Gasteiger partial charge < -0.3 is 9.47 Å². The van der Waals surface area contributed by atoms with Crippen LogP contribution in [-0.2, 0) is 0 Å². The summed E-state index contributed by atoms with van der Waals surface area (Å²) >= 11 is 0. The van der Waals surface area contributed by atoms with Crippen LogP contribution in [0, 0.1) is 6.92 Å². The Balaban J connectivity index is 2.06. The molecule has 0 aliphatic rings. The average Bonchev–Trinajstić information content (AvgIpc) is 2.66. The highest BCUT2D eigenvalue weighted by Crippen LogP contribution is 2.38. The fourth-order valence-electron chi connectivity index (χ4n) is 2.63. The molecule has 0 aromatic heterocycles. The normalized spacial score (nSPS) is 10.4. The molecule has 132 valence electrons. The molecule has 3 aromatic rings. The Morgan fingerprint density at radius 1 is 0.846 bits per heavy atom. The summed E-state index contributed by atoms with van der Waals surface area (Å²) in [5, 5.41) is 0. The number of aryl methyl sites for hydroxylation is 1. The van der Waals surface area contributed by atoms with Crippen LogP contribution in [0.15, 0.2) is 72.8 Å². The Bertz CT molecular complexity index is 877. The lowest BCUT2D eigenvalue weighted by Crippen LogP contribution is -2.06. The molecule has 0 amide bonds. The third kappa shape index (κ3) is 4.30. The molecule has 0 saturated heterocycles. The Morgan fingerprint density at radius 3 is 2.00 bits per heavy atom. The summed E-state index contributed by atoms with van der Waals surface area (Å²) in [5.41, 5.74) is 1.38. The summed E-state index contributed by atoms with van der Waals surface area (Å²) in [7, 11) is 2.59. The molecule has 3 rings (SSSR count). The van der Waals surface area contributed by atoms with Crippen molar-refractivity contribution in [2.75, 3.05) is 6.16 Å². The number of carbonyl (C=O) groups excluding carboxylic acids is 1. The zero-order valence-electron chi connectivity index (χ0n) is 14.6. The van der Waals surface area contributed by atoms with E-state index in [-0.39, 0.29) is 5.78 Å². The maximum absolute atomic E-state index is 12.8. The van der Waals surface area contributed by atoms with Crippen molar-refractivity contribution >= 4 is 15.0 Å². The topological polar surface area (TPSA) is 35.5 Å². The molecule has 0 spiro atoms. The molecular formula is C22H21O3P. The molecule has 0 saturated carbocycles. The maximum atomic E-state index is 12.8. The third-order valence-electron chi connectivity index (χ3n) is 3.90. The summed E-state index contributed by atoms with van der Waals surface area (Å²) in [6, 6.07) is 22.7. The standard InChI is InChI=1S/C22H21O3P/c1-16-12-13-20(24-17-8-4-2-5-9-17)21(19(23)14-15-26)22(16)25-18-10-6-3-7-11-18/h2-13H,14-15,26H2,1H3. The first kappa shape index (κ1) is 18.2. The van der Waals surface area contributed by atoms with E-state index in [2.05, 4.69) is 9.24 Å². The maximum Gasteiger partial charge on any atom is 0.170 e. The van der Waals surface area contributed by atoms with Gasteiger partial charge in [0.2, 0.25) is 0 Å². The van der Waals surface area contributed by atoms with Gasteiger partial charge in [0.1, 0.15) is 28.6 Å². The summed E-state index contributed by atoms with van der Waals surface area (Å²) in [6.45, 7) is 1.93. The minimum Gasteiger partial charge on any atom is -0.456 e. The Hall–Kier alpha value is -2.64. The van der Waals surface area contributed by atoms with Gasteiger partial charge in [-0.1, -0.05) is 42.5 Å². The lowest BCUT2D eigenvalue weighted by atomic mass is 10.0. The van der Waals surface area contributed by atoms with Crippen LogP contribution in [0.3, 0.4) is 0 Å². The summed E-state index contributed by atoms with van der Waals surface area (Å²) in [5.74, 6) is 2.43. The van der Waals surface area contributed by atoms with Gasteiger partial charge in [-0.25, -0.2) is 0 Å². The Kier molecular flexibility index (Phi) is 6.04. The molecule has 1 atom stereocenters. The van der Waals surface area contributed by atoms with Crippen LogP contribution in [0.1, 0.15) is 22.3 Å². The van der Waals surface area contributed by atoms with Crippen LogP contribution in [0.25, 0.3) is 0 Å². The molecule has 0 heterocycles. The van der Waals surface area contributed by atoms with Gasteiger partial charge in [-0.15, -0.1) is 9.24 Å². The van der Waals surface area contributed by atoms with Crippen LogP contribution in [0.2, 0.25) is 0 Å². The molecule has 26 heavy (non-hydrogen) atoms. The first-order valence-electron chi connectivity index (χ1n) is 8.51. The number of benzene rings is 3. The van der Waals surface area contributed by atoms with Crippen molar-refractivity contribution in [2.24, 2.45) is 0 Å². The lowest BCUT2D eigenvalue weighted by Gasteiger charge is -2.17. The van der Waals surface area contributed by atoms with Crippen molar-refractivity contribution < 1.29 is 14.3 Å². The predicted octanol–water partition coefficient (Wildman–Crippen LogP) is 6.03. The van der Waals surface area contributed by atoms with E-state index in [4.69, 9.17) is 9.47 Å². The highest BCUT2D eigenvalue weighted by Gasteiger charge is 2.21. The highest BCUT2D eigenvalue weighted by molar-refractivity contribution is 7.16. The van der Waals surface area contributed by atoms with Gasteiger partial charge in [0.15, 0.2) is 5.78 Å². The zero-order chi connectivity index (χ0) is 18.4. The summed E-state index contributed by atoms with van der Waals surface area (Å²) < 4.78 is 12.1. The lowest BCUT2D eigenvalue weighted by molar-refractivity contribution is 0.0985. The zero-order valence-corrected chi connectivity index (χ0v) is 15.8. The fraction of sp³-hybridized carbons (Fsp3) is 0.136. The number of Topliss-reactive ketones (excluding diaryl/α,β-unsaturated/α-hetero) is 1. The number of ether oxygens (including phenoxy) is 2. The predicted molar refractivity (Wildman–Crippen MR) is 108 cm³/mol. The van der Waals surface area contributed by atoms with Crippen LogP contribution in [0.5, 0.6) is 23.0 Å². The number of carbonyl (C=O) groups is 1. The van der Waals surface area contributed by atoms with Crippen molar-refractivity contribution in [3.63, 3.8) is 0 Å². The van der Waals surface area contributed by atoms with Crippen molar-refractivity contribution in [1.82, 2.24) is 0 Å². The second kappa shape index (κ2) is 8.64. The van der Waals surface area contributed by atoms with E-state index in [1.165, 1.54) is 0 Å². The molecule has 3 nitrogen and oxygen atoms in total. The van der Waals surface area contributed by atoms with E-state index in [0.29, 0.717) is 41.1 Å². The molecular weight excluding hydrogens is 343 g/mol. The quantitative estimate of drug-likeness (QED) is 0.379. The molecule has 1 unspecified atom stereocenters. The molecule has 0 aliphatic carbocycles. The van der Waals surface area contributed by atoms with Gasteiger partial charge in [-0.2, -0.15) is 0 Å². The number of ketones is 1. The smallest absolute Gasteiger partial charge is 0.170 e. The number of para-hydroxylation sites is 2. The second-order valence-corrected chi connectivity index (χ2v) is 6.45. The van der Waals surface area contributed by atoms with Crippen molar-refractivity contribution in [3.05, 3.63) is 83.9 Å². The van der Waals surface area contributed by atoms with Gasteiger partial charge >= 0.3 is 0 Å². The van der Waals surface area contributed by atoms with Gasteiger partial charge in [-0.05, 0) is 49.0 Å². The van der Waals surface area contributed by atoms with E-state index in [1.54, 1.807) is 0 Å². The van der Waals surface area contributed by atoms with Gasteiger partial charge in [0.25, 0.3) is 0 Å². The third-order valence-corrected chi connectivity index (χ3v) is 4.19. The second-order valence-electron chi connectivity index (χ2n) is 5.88. The Morgan fingerprint density at radius 2 is 1.42 bits per heavy atom. The van der Waals surface area contributed by atoms with Crippen molar-refractivity contribution in [3.8, 4) is 23.0 Å². The minimum absolute atomic E-state index is 0.000521. The van der Waals surface area contributed by atoms with Crippen molar-refractivity contribution in [1.29, 1.82) is 0 Å². The molecule has 3 aromatic carbocycles. The Labute approximate surface area is 156 Å². The molecule has 0 aliphatic heterocycles. The van der Waals surface area contributed by atoms with E-state index >= 15 is 0 Å². The number of hydrogen-bond donors (Lipinski definition) is 0. The summed E-state index contributed by atoms with van der Waals surface area (Å²) in [6.07, 6.45) is 1.09. The van der Waals surface area contributed by atoms with E-state index in [9.17, 15) is 4.79 Å². The first-order chi connectivity index (χ1) is 12.7. The molecule has 0 bridgehead atoms. The molecule has 0 fully saturated rings. The SMILES string of the molecule is Cc1ccc(Oc2ccccc2)c(C(=O)CCP)c1Oc1ccccc1. The van der Waals surface area contributed by atoms with Crippen LogP contribution >= 0.6 is 9.24 Å². The minimum atomic E-state index is 0.000521. The largest absolute Gasteiger partial charge is 0.456 e. The fourth-order valence-corrected chi connectivity index (χ4v) is 2.89. The monoisotopic (exact) mass is 364 g/mol. The van der Waals surface area contributed by atoms with Gasteiger partial charge in [0.05, 0.1) is 0 Å². The van der Waals surface area contributed by atoms with Crippen LogP contribution in [-0.4, -0.2) is 11.9 Å². The number of rotatable bonds is 7. The first-order valence-corrected chi connectivity index (χ1v) is 9.33. The van der Waals surface area contributed by atoms with Crippen LogP contribution in [0.4, 0.5) is 0 Å². The molecule has 0 radical (unpaired) electrons.